The highest BCUT2D eigenvalue weighted by Gasteiger charge is 2.29. The van der Waals surface area contributed by atoms with Gasteiger partial charge in [0.25, 0.3) is 0 Å². The summed E-state index contributed by atoms with van der Waals surface area (Å²) in [6, 6.07) is 3.49. The van der Waals surface area contributed by atoms with E-state index in [0.29, 0.717) is 49.2 Å². The lowest BCUT2D eigenvalue weighted by atomic mass is 10.1. The van der Waals surface area contributed by atoms with Crippen molar-refractivity contribution in [1.29, 1.82) is 0 Å². The Balaban J connectivity index is 1.70. The molecule has 118 valence electrons. The fraction of sp³-hybridized carbons (Fsp3) is 0.467. The third-order valence-electron chi connectivity index (χ3n) is 3.96. The van der Waals surface area contributed by atoms with Crippen molar-refractivity contribution in [3.8, 4) is 11.5 Å². The van der Waals surface area contributed by atoms with E-state index < -0.39 is 0 Å². The first kappa shape index (κ1) is 15.0. The van der Waals surface area contributed by atoms with Gasteiger partial charge < -0.3 is 20.1 Å². The predicted octanol–water partition coefficient (Wildman–Crippen LogP) is 0.988. The lowest BCUT2D eigenvalue weighted by molar-refractivity contribution is -0.129. The predicted molar refractivity (Wildman–Crippen MR) is 80.0 cm³/mol. The third-order valence-corrected chi connectivity index (χ3v) is 4.24. The highest BCUT2D eigenvalue weighted by molar-refractivity contribution is 6.32. The monoisotopic (exact) mass is 324 g/mol. The number of rotatable bonds is 3. The van der Waals surface area contributed by atoms with Crippen molar-refractivity contribution in [2.24, 2.45) is 11.7 Å². The van der Waals surface area contributed by atoms with Crippen LogP contribution in [0.5, 0.6) is 11.5 Å². The molecular weight excluding hydrogens is 308 g/mol. The van der Waals surface area contributed by atoms with Gasteiger partial charge in [-0.15, -0.1) is 0 Å². The minimum atomic E-state index is -0.349. The summed E-state index contributed by atoms with van der Waals surface area (Å²) in [5, 5.41) is 0.441. The Kier molecular flexibility index (Phi) is 4.11. The van der Waals surface area contributed by atoms with Gasteiger partial charge in [0.2, 0.25) is 11.8 Å². The van der Waals surface area contributed by atoms with Crippen molar-refractivity contribution in [3.63, 3.8) is 0 Å². The molecule has 2 heterocycles. The first-order valence-corrected chi connectivity index (χ1v) is 7.57. The summed E-state index contributed by atoms with van der Waals surface area (Å²) in [5.74, 6) is 0.457. The van der Waals surface area contributed by atoms with E-state index in [0.717, 1.165) is 5.56 Å². The molecule has 2 amide bonds. The van der Waals surface area contributed by atoms with Gasteiger partial charge in [0.05, 0.1) is 17.4 Å². The van der Waals surface area contributed by atoms with Crippen LogP contribution in [0.1, 0.15) is 12.0 Å². The van der Waals surface area contributed by atoms with Crippen molar-refractivity contribution in [3.05, 3.63) is 22.7 Å². The zero-order chi connectivity index (χ0) is 15.7. The van der Waals surface area contributed by atoms with Crippen molar-refractivity contribution in [2.45, 2.75) is 12.8 Å². The number of halogens is 1. The van der Waals surface area contributed by atoms with Crippen molar-refractivity contribution in [2.75, 3.05) is 26.3 Å². The summed E-state index contributed by atoms with van der Waals surface area (Å²) in [6.45, 7) is 1.89. The maximum Gasteiger partial charge on any atom is 0.227 e. The van der Waals surface area contributed by atoms with Gasteiger partial charge in [0.15, 0.2) is 11.5 Å². The van der Waals surface area contributed by atoms with Crippen LogP contribution >= 0.6 is 11.6 Å². The van der Waals surface area contributed by atoms with Crippen LogP contribution in [0.25, 0.3) is 0 Å². The molecule has 1 aromatic carbocycles. The molecule has 3 rings (SSSR count). The standard InChI is InChI=1S/C15H17ClN2O4/c16-11-5-9(6-12-14(11)22-4-3-21-12)7-13(19)18-2-1-10(8-18)15(17)20/h5-6,10H,1-4,7-8H2,(H2,17,20)/t10-/m1/s1. The molecular formula is C15H17ClN2O4. The second-order valence-electron chi connectivity index (χ2n) is 5.51. The molecule has 1 saturated heterocycles. The maximum atomic E-state index is 12.3. The summed E-state index contributed by atoms with van der Waals surface area (Å²) in [6.07, 6.45) is 0.838. The number of carbonyl (C=O) groups excluding carboxylic acids is 2. The van der Waals surface area contributed by atoms with Gasteiger partial charge in [-0.25, -0.2) is 0 Å². The molecule has 1 fully saturated rings. The molecule has 0 radical (unpaired) electrons. The number of hydrogen-bond acceptors (Lipinski definition) is 4. The quantitative estimate of drug-likeness (QED) is 0.899. The maximum absolute atomic E-state index is 12.3. The topological polar surface area (TPSA) is 81.9 Å². The minimum Gasteiger partial charge on any atom is -0.486 e. The van der Waals surface area contributed by atoms with Gasteiger partial charge in [-0.2, -0.15) is 0 Å². The van der Waals surface area contributed by atoms with E-state index in [1.807, 2.05) is 0 Å². The molecule has 2 N–H and O–H groups in total. The number of hydrogen-bond donors (Lipinski definition) is 1. The zero-order valence-electron chi connectivity index (χ0n) is 12.0. The Hall–Kier alpha value is -1.95. The number of carbonyl (C=O) groups is 2. The molecule has 0 unspecified atom stereocenters. The van der Waals surface area contributed by atoms with Gasteiger partial charge in [-0.05, 0) is 24.1 Å². The van der Waals surface area contributed by atoms with Crippen LogP contribution in [0.4, 0.5) is 0 Å². The highest BCUT2D eigenvalue weighted by atomic mass is 35.5. The van der Waals surface area contributed by atoms with E-state index in [2.05, 4.69) is 0 Å². The van der Waals surface area contributed by atoms with Gasteiger partial charge >= 0.3 is 0 Å². The number of primary amides is 1. The van der Waals surface area contributed by atoms with Crippen molar-refractivity contribution in [1.82, 2.24) is 4.90 Å². The van der Waals surface area contributed by atoms with Crippen LogP contribution in [0.2, 0.25) is 5.02 Å². The smallest absolute Gasteiger partial charge is 0.227 e. The number of nitrogens with zero attached hydrogens (tertiary/aromatic N) is 1. The number of benzene rings is 1. The molecule has 22 heavy (non-hydrogen) atoms. The van der Waals surface area contributed by atoms with Gasteiger partial charge in [0, 0.05) is 13.1 Å². The Morgan fingerprint density at radius 3 is 2.82 bits per heavy atom. The first-order valence-electron chi connectivity index (χ1n) is 7.19. The molecule has 0 saturated carbocycles. The molecule has 0 spiro atoms. The van der Waals surface area contributed by atoms with E-state index in [-0.39, 0.29) is 24.2 Å². The molecule has 1 atom stereocenters. The Morgan fingerprint density at radius 2 is 2.09 bits per heavy atom. The molecule has 6 nitrogen and oxygen atoms in total. The fourth-order valence-electron chi connectivity index (χ4n) is 2.77. The first-order chi connectivity index (χ1) is 10.5. The van der Waals surface area contributed by atoms with Crippen LogP contribution in [0.3, 0.4) is 0 Å². The third kappa shape index (κ3) is 2.97. The Labute approximate surface area is 133 Å². The number of amides is 2. The Bertz CT molecular complexity index is 620. The Morgan fingerprint density at radius 1 is 1.32 bits per heavy atom. The van der Waals surface area contributed by atoms with Crippen LogP contribution in [0, 0.1) is 5.92 Å². The number of ether oxygens (including phenoxy) is 2. The summed E-state index contributed by atoms with van der Waals surface area (Å²) in [5.41, 5.74) is 6.05. The largest absolute Gasteiger partial charge is 0.486 e. The summed E-state index contributed by atoms with van der Waals surface area (Å²) < 4.78 is 11.0. The normalized spacial score (nSPS) is 20.0. The second-order valence-corrected chi connectivity index (χ2v) is 5.91. The van der Waals surface area contributed by atoms with E-state index >= 15 is 0 Å². The molecule has 2 aliphatic heterocycles. The zero-order valence-corrected chi connectivity index (χ0v) is 12.8. The van der Waals surface area contributed by atoms with E-state index in [1.165, 1.54) is 0 Å². The minimum absolute atomic E-state index is 0.0449. The fourth-order valence-corrected chi connectivity index (χ4v) is 3.06. The number of likely N-dealkylation sites (tertiary alicyclic amines) is 1. The molecule has 0 aliphatic carbocycles. The number of nitrogens with two attached hydrogens (primary N) is 1. The summed E-state index contributed by atoms with van der Waals surface area (Å²) in [7, 11) is 0. The van der Waals surface area contributed by atoms with Crippen molar-refractivity contribution < 1.29 is 19.1 Å². The van der Waals surface area contributed by atoms with E-state index in [1.54, 1.807) is 17.0 Å². The lowest BCUT2D eigenvalue weighted by Gasteiger charge is -2.21. The second kappa shape index (κ2) is 6.04. The number of fused-ring (bicyclic) bond motifs is 1. The van der Waals surface area contributed by atoms with Crippen LogP contribution < -0.4 is 15.2 Å². The van der Waals surface area contributed by atoms with Gasteiger partial charge in [-0.1, -0.05) is 11.6 Å². The molecule has 2 aliphatic rings. The van der Waals surface area contributed by atoms with Crippen LogP contribution in [-0.2, 0) is 16.0 Å². The summed E-state index contributed by atoms with van der Waals surface area (Å²) in [4.78, 5) is 25.2. The van der Waals surface area contributed by atoms with E-state index in [9.17, 15) is 9.59 Å². The van der Waals surface area contributed by atoms with Crippen LogP contribution in [0.15, 0.2) is 12.1 Å². The van der Waals surface area contributed by atoms with Gasteiger partial charge in [0.1, 0.15) is 13.2 Å². The molecule has 1 aromatic rings. The SMILES string of the molecule is NC(=O)[C@@H]1CCN(C(=O)Cc2cc(Cl)c3c(c2)OCCO3)C1. The molecule has 7 heteroatoms. The summed E-state index contributed by atoms with van der Waals surface area (Å²) >= 11 is 6.16. The molecule has 0 aromatic heterocycles. The highest BCUT2D eigenvalue weighted by Crippen LogP contribution is 2.38. The average molecular weight is 325 g/mol. The van der Waals surface area contributed by atoms with Gasteiger partial charge in [-0.3, -0.25) is 9.59 Å². The average Bonchev–Trinajstić information content (AvgIpc) is 2.97. The molecule has 0 bridgehead atoms. The van der Waals surface area contributed by atoms with Crippen molar-refractivity contribution >= 4 is 23.4 Å². The van der Waals surface area contributed by atoms with E-state index in [4.69, 9.17) is 26.8 Å². The lowest BCUT2D eigenvalue weighted by Crippen LogP contribution is -2.32. The van der Waals surface area contributed by atoms with Crippen LogP contribution in [-0.4, -0.2) is 43.0 Å².